The molecule has 4 nitrogen and oxygen atoms in total. The summed E-state index contributed by atoms with van der Waals surface area (Å²) in [6.07, 6.45) is 2.00. The Balaban J connectivity index is 2.00. The van der Waals surface area contributed by atoms with Gasteiger partial charge in [-0.25, -0.2) is 8.42 Å². The van der Waals surface area contributed by atoms with Crippen molar-refractivity contribution in [2.75, 3.05) is 23.9 Å². The molecule has 0 atom stereocenters. The lowest BCUT2D eigenvalue weighted by Gasteiger charge is -2.10. The number of benzene rings is 1. The summed E-state index contributed by atoms with van der Waals surface area (Å²) in [6.45, 7) is 0.708. The maximum absolute atomic E-state index is 11.4. The molecular formula is C13H15ClN2O2S2. The number of nitrogen functional groups attached to an aromatic ring is 1. The molecule has 0 spiro atoms. The number of halogens is 1. The number of hydrogen-bond acceptors (Lipinski definition) is 5. The molecule has 2 rings (SSSR count). The molecule has 108 valence electrons. The van der Waals surface area contributed by atoms with Gasteiger partial charge in [-0.05, 0) is 36.8 Å². The van der Waals surface area contributed by atoms with Gasteiger partial charge in [-0.3, -0.25) is 0 Å². The number of nitrogens with one attached hydrogen (secondary N) is 1. The Hall–Kier alpha value is -1.24. The van der Waals surface area contributed by atoms with Gasteiger partial charge in [-0.2, -0.15) is 0 Å². The van der Waals surface area contributed by atoms with Crippen LogP contribution in [0.5, 0.6) is 0 Å². The smallest absolute Gasteiger partial charge is 0.175 e. The molecule has 0 saturated heterocycles. The SMILES string of the molecule is CS(=O)(=O)c1ccc(NCCc2ccc(Cl)s2)c(N)c1. The summed E-state index contributed by atoms with van der Waals surface area (Å²) < 4.78 is 23.6. The summed E-state index contributed by atoms with van der Waals surface area (Å²) in [7, 11) is -3.22. The van der Waals surface area contributed by atoms with E-state index in [0.717, 1.165) is 22.7 Å². The van der Waals surface area contributed by atoms with Crippen molar-refractivity contribution < 1.29 is 8.42 Å². The Morgan fingerprint density at radius 2 is 2.05 bits per heavy atom. The van der Waals surface area contributed by atoms with Crippen LogP contribution in [0, 0.1) is 0 Å². The lowest BCUT2D eigenvalue weighted by molar-refractivity contribution is 0.602. The first kappa shape index (κ1) is 15.2. The molecule has 0 fully saturated rings. The molecule has 20 heavy (non-hydrogen) atoms. The third-order valence-corrected chi connectivity index (χ3v) is 5.17. The Bertz CT molecular complexity index is 711. The molecule has 0 bridgehead atoms. The van der Waals surface area contributed by atoms with Crippen LogP contribution in [0.1, 0.15) is 4.88 Å². The highest BCUT2D eigenvalue weighted by Crippen LogP contribution is 2.24. The normalized spacial score (nSPS) is 11.5. The molecule has 0 aliphatic heterocycles. The zero-order valence-electron chi connectivity index (χ0n) is 10.9. The average Bonchev–Trinajstić information content (AvgIpc) is 2.76. The first-order chi connectivity index (χ1) is 9.36. The zero-order chi connectivity index (χ0) is 14.8. The van der Waals surface area contributed by atoms with Gasteiger partial charge < -0.3 is 11.1 Å². The summed E-state index contributed by atoms with van der Waals surface area (Å²) in [5.74, 6) is 0. The van der Waals surface area contributed by atoms with Gasteiger partial charge in [-0.15, -0.1) is 11.3 Å². The first-order valence-corrected chi connectivity index (χ1v) is 9.02. The van der Waals surface area contributed by atoms with Crippen molar-refractivity contribution in [2.45, 2.75) is 11.3 Å². The van der Waals surface area contributed by atoms with Gasteiger partial charge in [-0.1, -0.05) is 11.6 Å². The van der Waals surface area contributed by atoms with Crippen molar-refractivity contribution in [3.8, 4) is 0 Å². The van der Waals surface area contributed by atoms with E-state index in [1.807, 2.05) is 12.1 Å². The topological polar surface area (TPSA) is 72.2 Å². The summed E-state index contributed by atoms with van der Waals surface area (Å²) >= 11 is 7.41. The summed E-state index contributed by atoms with van der Waals surface area (Å²) in [5.41, 5.74) is 7.02. The van der Waals surface area contributed by atoms with Crippen LogP contribution in [-0.4, -0.2) is 21.2 Å². The van der Waals surface area contributed by atoms with Crippen molar-refractivity contribution in [2.24, 2.45) is 0 Å². The van der Waals surface area contributed by atoms with E-state index in [1.54, 1.807) is 23.5 Å². The maximum atomic E-state index is 11.4. The van der Waals surface area contributed by atoms with Gasteiger partial charge in [0.05, 0.1) is 20.6 Å². The van der Waals surface area contributed by atoms with Gasteiger partial charge in [0.25, 0.3) is 0 Å². The minimum Gasteiger partial charge on any atom is -0.397 e. The summed E-state index contributed by atoms with van der Waals surface area (Å²) in [6, 6.07) is 8.57. The van der Waals surface area contributed by atoms with Gasteiger partial charge in [0.1, 0.15) is 0 Å². The average molecular weight is 331 g/mol. The third kappa shape index (κ3) is 3.88. The number of hydrogen-bond donors (Lipinski definition) is 2. The minimum atomic E-state index is -3.22. The molecule has 0 aliphatic carbocycles. The van der Waals surface area contributed by atoms with Crippen LogP contribution in [0.3, 0.4) is 0 Å². The highest BCUT2D eigenvalue weighted by atomic mass is 35.5. The molecule has 0 unspecified atom stereocenters. The Labute approximate surface area is 127 Å². The van der Waals surface area contributed by atoms with E-state index in [4.69, 9.17) is 17.3 Å². The van der Waals surface area contributed by atoms with E-state index in [-0.39, 0.29) is 4.90 Å². The quantitative estimate of drug-likeness (QED) is 0.826. The zero-order valence-corrected chi connectivity index (χ0v) is 13.3. The Kier molecular flexibility index (Phi) is 4.57. The maximum Gasteiger partial charge on any atom is 0.175 e. The molecule has 0 saturated carbocycles. The Morgan fingerprint density at radius 1 is 1.30 bits per heavy atom. The lowest BCUT2D eigenvalue weighted by Crippen LogP contribution is -2.07. The number of anilines is 2. The van der Waals surface area contributed by atoms with Crippen LogP contribution < -0.4 is 11.1 Å². The van der Waals surface area contributed by atoms with Crippen LogP contribution in [0.2, 0.25) is 4.34 Å². The van der Waals surface area contributed by atoms with Gasteiger partial charge in [0.2, 0.25) is 0 Å². The van der Waals surface area contributed by atoms with Crippen molar-refractivity contribution in [1.82, 2.24) is 0 Å². The molecule has 1 aromatic carbocycles. The number of sulfone groups is 1. The van der Waals surface area contributed by atoms with Gasteiger partial charge >= 0.3 is 0 Å². The van der Waals surface area contributed by atoms with Crippen molar-refractivity contribution >= 4 is 44.1 Å². The number of rotatable bonds is 5. The lowest BCUT2D eigenvalue weighted by atomic mass is 10.2. The second kappa shape index (κ2) is 6.03. The van der Waals surface area contributed by atoms with Crippen LogP contribution in [0.4, 0.5) is 11.4 Å². The standard InChI is InChI=1S/C13H15ClN2O2S2/c1-20(17,18)10-3-4-12(11(15)8-10)16-7-6-9-2-5-13(14)19-9/h2-5,8,16H,6-7,15H2,1H3. The van der Waals surface area contributed by atoms with E-state index in [0.29, 0.717) is 12.2 Å². The van der Waals surface area contributed by atoms with Crippen molar-refractivity contribution in [3.05, 3.63) is 39.5 Å². The van der Waals surface area contributed by atoms with Crippen molar-refractivity contribution in [3.63, 3.8) is 0 Å². The predicted octanol–water partition coefficient (Wildman–Crippen LogP) is 3.04. The van der Waals surface area contributed by atoms with Crippen LogP contribution >= 0.6 is 22.9 Å². The highest BCUT2D eigenvalue weighted by Gasteiger charge is 2.09. The first-order valence-electron chi connectivity index (χ1n) is 5.94. The highest BCUT2D eigenvalue weighted by molar-refractivity contribution is 7.90. The van der Waals surface area contributed by atoms with E-state index >= 15 is 0 Å². The molecule has 2 aromatic rings. The molecule has 1 aromatic heterocycles. The van der Waals surface area contributed by atoms with E-state index in [9.17, 15) is 8.42 Å². The fourth-order valence-electron chi connectivity index (χ4n) is 1.74. The second-order valence-electron chi connectivity index (χ2n) is 4.40. The molecule has 0 radical (unpaired) electrons. The van der Waals surface area contributed by atoms with Gasteiger partial charge in [0, 0.05) is 17.7 Å². The number of thiophene rings is 1. The molecule has 7 heteroatoms. The van der Waals surface area contributed by atoms with Crippen LogP contribution in [0.25, 0.3) is 0 Å². The molecule has 0 amide bonds. The van der Waals surface area contributed by atoms with E-state index in [1.165, 1.54) is 10.9 Å². The van der Waals surface area contributed by atoms with Crippen LogP contribution in [0.15, 0.2) is 35.2 Å². The summed E-state index contributed by atoms with van der Waals surface area (Å²) in [5, 5.41) is 3.19. The van der Waals surface area contributed by atoms with Gasteiger partial charge in [0.15, 0.2) is 9.84 Å². The fraction of sp³-hybridized carbons (Fsp3) is 0.231. The summed E-state index contributed by atoms with van der Waals surface area (Å²) in [4.78, 5) is 1.42. The minimum absolute atomic E-state index is 0.227. The second-order valence-corrected chi connectivity index (χ2v) is 8.22. The molecule has 3 N–H and O–H groups in total. The third-order valence-electron chi connectivity index (χ3n) is 2.77. The van der Waals surface area contributed by atoms with Crippen molar-refractivity contribution in [1.29, 1.82) is 0 Å². The van der Waals surface area contributed by atoms with E-state index < -0.39 is 9.84 Å². The van der Waals surface area contributed by atoms with Crippen LogP contribution in [-0.2, 0) is 16.3 Å². The largest absolute Gasteiger partial charge is 0.397 e. The monoisotopic (exact) mass is 330 g/mol. The molecule has 1 heterocycles. The molecule has 0 aliphatic rings. The number of nitrogens with two attached hydrogens (primary N) is 1. The fourth-order valence-corrected chi connectivity index (χ4v) is 3.48. The Morgan fingerprint density at radius 3 is 2.60 bits per heavy atom. The van der Waals surface area contributed by atoms with E-state index in [2.05, 4.69) is 5.32 Å². The predicted molar refractivity (Wildman–Crippen MR) is 85.5 cm³/mol. The molecular weight excluding hydrogens is 316 g/mol.